The number of carbonyl (C=O) groups is 1. The van der Waals surface area contributed by atoms with Crippen molar-refractivity contribution >= 4 is 23.2 Å². The van der Waals surface area contributed by atoms with E-state index in [4.69, 9.17) is 22.2 Å². The van der Waals surface area contributed by atoms with Crippen LogP contribution in [0.25, 0.3) is 5.69 Å². The number of thiocarbonyl (C=S) groups is 1. The molecule has 7 heteroatoms. The molecule has 0 aliphatic rings. The van der Waals surface area contributed by atoms with Crippen LogP contribution in [0.5, 0.6) is 0 Å². The number of rotatable bonds is 4. The number of nitrogens with zero attached hydrogens (tertiary/aromatic N) is 2. The van der Waals surface area contributed by atoms with Crippen molar-refractivity contribution in [2.45, 2.75) is 13.8 Å². The molecule has 0 spiro atoms. The summed E-state index contributed by atoms with van der Waals surface area (Å²) in [4.78, 5) is 12.1. The summed E-state index contributed by atoms with van der Waals surface area (Å²) in [6, 6.07) is 9.20. The average molecular weight is 305 g/mol. The van der Waals surface area contributed by atoms with Crippen LogP contribution >= 0.6 is 12.2 Å². The number of aryl methyl sites for hydroxylation is 1. The third-order valence-electron chi connectivity index (χ3n) is 2.86. The van der Waals surface area contributed by atoms with E-state index in [9.17, 15) is 4.79 Å². The van der Waals surface area contributed by atoms with Crippen LogP contribution < -0.4 is 5.48 Å². The predicted octanol–water partition coefficient (Wildman–Crippen LogP) is 2.01. The Morgan fingerprint density at radius 3 is 2.67 bits per heavy atom. The van der Waals surface area contributed by atoms with E-state index in [0.29, 0.717) is 11.4 Å². The van der Waals surface area contributed by atoms with Gasteiger partial charge in [-0.2, -0.15) is 5.10 Å². The van der Waals surface area contributed by atoms with Gasteiger partial charge in [0.15, 0.2) is 0 Å². The molecule has 0 unspecified atom stereocenters. The maximum atomic E-state index is 12.1. The third kappa shape index (κ3) is 2.93. The lowest BCUT2D eigenvalue weighted by molar-refractivity contribution is 0.0525. The SMILES string of the molecule is CCOC(=O)c1c(C)nn(-c2ccccc2)c1C(=S)NO. The number of esters is 1. The standard InChI is InChI=1S/C14H15N3O3S/c1-3-20-14(18)11-9(2)15-17(12(11)13(21)16-19)10-7-5-4-6-8-10/h4-8,19H,3H2,1-2H3,(H,16,21). The molecule has 0 atom stereocenters. The first-order valence-electron chi connectivity index (χ1n) is 6.36. The van der Waals surface area contributed by atoms with Crippen LogP contribution in [-0.4, -0.2) is 32.6 Å². The summed E-state index contributed by atoms with van der Waals surface area (Å²) in [5.41, 5.74) is 3.65. The number of carbonyl (C=O) groups excluding carboxylic acids is 1. The van der Waals surface area contributed by atoms with Crippen molar-refractivity contribution in [3.05, 3.63) is 47.3 Å². The minimum absolute atomic E-state index is 0.00232. The second-order valence-corrected chi connectivity index (χ2v) is 4.63. The van der Waals surface area contributed by atoms with Crippen LogP contribution in [0.2, 0.25) is 0 Å². The first-order chi connectivity index (χ1) is 10.1. The van der Waals surface area contributed by atoms with E-state index in [1.165, 1.54) is 4.68 Å². The molecule has 0 bridgehead atoms. The molecule has 0 amide bonds. The van der Waals surface area contributed by atoms with Crippen molar-refractivity contribution < 1.29 is 14.7 Å². The van der Waals surface area contributed by atoms with Crippen LogP contribution in [0.15, 0.2) is 30.3 Å². The Kier molecular flexibility index (Phi) is 4.66. The van der Waals surface area contributed by atoms with Crippen molar-refractivity contribution in [3.63, 3.8) is 0 Å². The fraction of sp³-hybridized carbons (Fsp3) is 0.214. The minimum atomic E-state index is -0.523. The van der Waals surface area contributed by atoms with Gasteiger partial charge in [0.25, 0.3) is 0 Å². The second-order valence-electron chi connectivity index (χ2n) is 4.22. The van der Waals surface area contributed by atoms with E-state index in [-0.39, 0.29) is 17.2 Å². The van der Waals surface area contributed by atoms with Gasteiger partial charge >= 0.3 is 5.97 Å². The number of hydroxylamine groups is 1. The summed E-state index contributed by atoms with van der Waals surface area (Å²) < 4.78 is 6.54. The molecule has 1 aromatic heterocycles. The Morgan fingerprint density at radius 2 is 2.10 bits per heavy atom. The summed E-state index contributed by atoms with van der Waals surface area (Å²) in [5, 5.41) is 13.5. The van der Waals surface area contributed by atoms with Crippen molar-refractivity contribution in [2.24, 2.45) is 0 Å². The monoisotopic (exact) mass is 305 g/mol. The summed E-state index contributed by atoms with van der Waals surface area (Å²) in [6.07, 6.45) is 0. The zero-order chi connectivity index (χ0) is 15.4. The molecule has 2 rings (SSSR count). The van der Waals surface area contributed by atoms with Crippen molar-refractivity contribution in [2.75, 3.05) is 6.61 Å². The first kappa shape index (κ1) is 15.1. The molecule has 0 aliphatic heterocycles. The van der Waals surface area contributed by atoms with Gasteiger partial charge < -0.3 is 4.74 Å². The average Bonchev–Trinajstić information content (AvgIpc) is 2.85. The van der Waals surface area contributed by atoms with Gasteiger partial charge in [0.2, 0.25) is 0 Å². The molecule has 0 aliphatic carbocycles. The van der Waals surface area contributed by atoms with Gasteiger partial charge in [0.05, 0.1) is 18.0 Å². The molecule has 6 nitrogen and oxygen atoms in total. The van der Waals surface area contributed by atoms with Crippen LogP contribution in [0.3, 0.4) is 0 Å². The lowest BCUT2D eigenvalue weighted by Gasteiger charge is -2.09. The maximum absolute atomic E-state index is 12.1. The lowest BCUT2D eigenvalue weighted by atomic mass is 10.2. The Labute approximate surface area is 127 Å². The van der Waals surface area contributed by atoms with Gasteiger partial charge in [-0.1, -0.05) is 30.4 Å². The van der Waals surface area contributed by atoms with Crippen molar-refractivity contribution in [1.29, 1.82) is 0 Å². The van der Waals surface area contributed by atoms with E-state index in [1.807, 2.05) is 35.8 Å². The Morgan fingerprint density at radius 1 is 1.43 bits per heavy atom. The van der Waals surface area contributed by atoms with Crippen LogP contribution in [-0.2, 0) is 4.74 Å². The van der Waals surface area contributed by atoms with E-state index in [0.717, 1.165) is 5.69 Å². The second kappa shape index (κ2) is 6.47. The van der Waals surface area contributed by atoms with Crippen LogP contribution in [0.4, 0.5) is 0 Å². The number of hydrogen-bond donors (Lipinski definition) is 2. The molecule has 0 fully saturated rings. The smallest absolute Gasteiger partial charge is 0.342 e. The number of nitrogens with one attached hydrogen (secondary N) is 1. The molecule has 110 valence electrons. The van der Waals surface area contributed by atoms with E-state index < -0.39 is 5.97 Å². The summed E-state index contributed by atoms with van der Waals surface area (Å²) >= 11 is 5.08. The Bertz CT molecular complexity index is 668. The molecule has 0 saturated carbocycles. The fourth-order valence-electron chi connectivity index (χ4n) is 1.99. The topological polar surface area (TPSA) is 76.4 Å². The van der Waals surface area contributed by atoms with Gasteiger partial charge in [0.1, 0.15) is 16.2 Å². The quantitative estimate of drug-likeness (QED) is 0.511. The van der Waals surface area contributed by atoms with Gasteiger partial charge in [-0.05, 0) is 26.0 Å². The van der Waals surface area contributed by atoms with E-state index in [1.54, 1.807) is 13.8 Å². The van der Waals surface area contributed by atoms with Crippen molar-refractivity contribution in [3.8, 4) is 5.69 Å². The first-order valence-corrected chi connectivity index (χ1v) is 6.77. The molecule has 2 N–H and O–H groups in total. The highest BCUT2D eigenvalue weighted by molar-refractivity contribution is 7.80. The number of hydrogen-bond acceptors (Lipinski definition) is 5. The maximum Gasteiger partial charge on any atom is 0.342 e. The number of para-hydroxylation sites is 1. The normalized spacial score (nSPS) is 10.2. The molecular formula is C14H15N3O3S. The molecule has 0 radical (unpaired) electrons. The van der Waals surface area contributed by atoms with E-state index in [2.05, 4.69) is 5.10 Å². The lowest BCUT2D eigenvalue weighted by Crippen LogP contribution is -2.24. The molecule has 2 aromatic rings. The Hall–Kier alpha value is -2.25. The summed E-state index contributed by atoms with van der Waals surface area (Å²) in [7, 11) is 0. The van der Waals surface area contributed by atoms with Gasteiger partial charge in [-0.15, -0.1) is 0 Å². The highest BCUT2D eigenvalue weighted by Gasteiger charge is 2.26. The molecule has 0 saturated heterocycles. The number of aromatic nitrogens is 2. The highest BCUT2D eigenvalue weighted by Crippen LogP contribution is 2.20. The molecule has 21 heavy (non-hydrogen) atoms. The van der Waals surface area contributed by atoms with Gasteiger partial charge in [-0.25, -0.2) is 9.48 Å². The summed E-state index contributed by atoms with van der Waals surface area (Å²) in [6.45, 7) is 3.65. The van der Waals surface area contributed by atoms with Crippen molar-refractivity contribution in [1.82, 2.24) is 15.3 Å². The van der Waals surface area contributed by atoms with Gasteiger partial charge in [0, 0.05) is 0 Å². The fourth-order valence-corrected chi connectivity index (χ4v) is 2.18. The molecular weight excluding hydrogens is 290 g/mol. The molecule has 1 aromatic carbocycles. The van der Waals surface area contributed by atoms with Gasteiger partial charge in [-0.3, -0.25) is 10.7 Å². The highest BCUT2D eigenvalue weighted by atomic mass is 32.1. The largest absolute Gasteiger partial charge is 0.462 e. The van der Waals surface area contributed by atoms with Crippen LogP contribution in [0, 0.1) is 6.92 Å². The minimum Gasteiger partial charge on any atom is -0.462 e. The molecule has 1 heterocycles. The number of benzene rings is 1. The van der Waals surface area contributed by atoms with Crippen LogP contribution in [0.1, 0.15) is 28.7 Å². The van der Waals surface area contributed by atoms with E-state index >= 15 is 0 Å². The zero-order valence-electron chi connectivity index (χ0n) is 11.7. The zero-order valence-corrected chi connectivity index (χ0v) is 12.5. The number of ether oxygens (including phenoxy) is 1. The Balaban J connectivity index is 2.64. The third-order valence-corrected chi connectivity index (χ3v) is 3.14. The predicted molar refractivity (Wildman–Crippen MR) is 80.9 cm³/mol. The summed E-state index contributed by atoms with van der Waals surface area (Å²) in [5.74, 6) is -0.523.